The van der Waals surface area contributed by atoms with E-state index in [1.807, 2.05) is 24.3 Å². The Morgan fingerprint density at radius 1 is 0.966 bits per heavy atom. The Morgan fingerprint density at radius 2 is 1.66 bits per heavy atom. The summed E-state index contributed by atoms with van der Waals surface area (Å²) in [5, 5.41) is 2.58. The lowest BCUT2D eigenvalue weighted by atomic mass is 9.87. The van der Waals surface area contributed by atoms with Gasteiger partial charge in [-0.3, -0.25) is 4.79 Å². The maximum Gasteiger partial charge on any atom is 0.344 e. The molecule has 0 aliphatic rings. The van der Waals surface area contributed by atoms with Crippen LogP contribution in [0, 0.1) is 5.82 Å². The molecule has 0 bridgehead atoms. The summed E-state index contributed by atoms with van der Waals surface area (Å²) in [6.45, 7) is 6.03. The van der Waals surface area contributed by atoms with Gasteiger partial charge in [0, 0.05) is 0 Å². The number of benzene rings is 2. The van der Waals surface area contributed by atoms with Gasteiger partial charge < -0.3 is 19.5 Å². The van der Waals surface area contributed by atoms with Gasteiger partial charge in [-0.15, -0.1) is 0 Å². The number of esters is 1. The molecule has 0 aliphatic carbocycles. The van der Waals surface area contributed by atoms with Crippen molar-refractivity contribution in [1.29, 1.82) is 0 Å². The maximum absolute atomic E-state index is 13.4. The van der Waals surface area contributed by atoms with Crippen molar-refractivity contribution in [1.82, 2.24) is 5.32 Å². The number of carbonyl (C=O) groups is 2. The highest BCUT2D eigenvalue weighted by atomic mass is 19.1. The zero-order chi connectivity index (χ0) is 21.3. The van der Waals surface area contributed by atoms with Crippen molar-refractivity contribution < 1.29 is 28.2 Å². The van der Waals surface area contributed by atoms with E-state index in [9.17, 15) is 14.0 Å². The fraction of sp³-hybridized carbons (Fsp3) is 0.364. The van der Waals surface area contributed by atoms with Crippen LogP contribution in [0.5, 0.6) is 11.5 Å². The van der Waals surface area contributed by atoms with Gasteiger partial charge in [-0.1, -0.05) is 45.0 Å². The molecule has 1 amide bonds. The first-order valence-electron chi connectivity index (χ1n) is 9.29. The van der Waals surface area contributed by atoms with E-state index in [0.717, 1.165) is 0 Å². The Morgan fingerprint density at radius 3 is 2.31 bits per heavy atom. The van der Waals surface area contributed by atoms with Gasteiger partial charge in [-0.25, -0.2) is 9.18 Å². The molecule has 6 nitrogen and oxygen atoms in total. The number of ether oxygens (including phenoxy) is 3. The number of hydrogen-bond acceptors (Lipinski definition) is 5. The first kappa shape index (κ1) is 22.2. The molecule has 156 valence electrons. The average molecular weight is 403 g/mol. The van der Waals surface area contributed by atoms with Crippen LogP contribution in [0.15, 0.2) is 48.5 Å². The van der Waals surface area contributed by atoms with Gasteiger partial charge in [0.2, 0.25) is 0 Å². The zero-order valence-electron chi connectivity index (χ0n) is 16.9. The first-order valence-corrected chi connectivity index (χ1v) is 9.29. The van der Waals surface area contributed by atoms with Crippen molar-refractivity contribution in [3.8, 4) is 11.5 Å². The van der Waals surface area contributed by atoms with Crippen LogP contribution < -0.4 is 14.8 Å². The molecule has 29 heavy (non-hydrogen) atoms. The molecule has 0 atom stereocenters. The molecular weight excluding hydrogens is 377 g/mol. The van der Waals surface area contributed by atoms with Gasteiger partial charge >= 0.3 is 5.97 Å². The summed E-state index contributed by atoms with van der Waals surface area (Å²) in [4.78, 5) is 23.3. The third kappa shape index (κ3) is 7.81. The first-order chi connectivity index (χ1) is 13.8. The van der Waals surface area contributed by atoms with E-state index < -0.39 is 30.9 Å². The minimum absolute atomic E-state index is 0.0541. The fourth-order valence-corrected chi connectivity index (χ4v) is 2.35. The third-order valence-corrected chi connectivity index (χ3v) is 3.96. The second-order valence-electron chi connectivity index (χ2n) is 7.35. The van der Waals surface area contributed by atoms with Crippen molar-refractivity contribution in [2.75, 3.05) is 26.4 Å². The predicted molar refractivity (Wildman–Crippen MR) is 107 cm³/mol. The number of para-hydroxylation sites is 1. The zero-order valence-corrected chi connectivity index (χ0v) is 16.9. The third-order valence-electron chi connectivity index (χ3n) is 3.96. The standard InChI is InChI=1S/C22H26FNO5/c1-22(2,3)16-8-10-17(11-9-16)27-13-12-24-20(25)14-29-21(26)15-28-19-7-5-4-6-18(19)23/h4-11H,12-15H2,1-3H3,(H,24,25). The molecule has 0 saturated heterocycles. The Bertz CT molecular complexity index is 815. The van der Waals surface area contributed by atoms with Gasteiger partial charge in [0.05, 0.1) is 6.54 Å². The van der Waals surface area contributed by atoms with E-state index in [1.54, 1.807) is 6.07 Å². The van der Waals surface area contributed by atoms with Gasteiger partial charge in [-0.2, -0.15) is 0 Å². The monoisotopic (exact) mass is 403 g/mol. The number of carbonyl (C=O) groups excluding carboxylic acids is 2. The summed E-state index contributed by atoms with van der Waals surface area (Å²) in [5.41, 5.74) is 1.28. The quantitative estimate of drug-likeness (QED) is 0.514. The van der Waals surface area contributed by atoms with Crippen molar-refractivity contribution in [3.63, 3.8) is 0 Å². The normalized spacial score (nSPS) is 10.9. The number of halogens is 1. The van der Waals surface area contributed by atoms with Crippen molar-refractivity contribution in [2.45, 2.75) is 26.2 Å². The SMILES string of the molecule is CC(C)(C)c1ccc(OCCNC(=O)COC(=O)COc2ccccc2F)cc1. The highest BCUT2D eigenvalue weighted by Crippen LogP contribution is 2.24. The molecule has 0 aromatic heterocycles. The van der Waals surface area contributed by atoms with Crippen LogP contribution in [0.2, 0.25) is 0 Å². The largest absolute Gasteiger partial charge is 0.492 e. The van der Waals surface area contributed by atoms with Crippen molar-refractivity contribution >= 4 is 11.9 Å². The molecule has 7 heteroatoms. The van der Waals surface area contributed by atoms with E-state index in [2.05, 4.69) is 26.1 Å². The number of nitrogens with one attached hydrogen (secondary N) is 1. The summed E-state index contributed by atoms with van der Waals surface area (Å²) < 4.78 is 28.7. The molecule has 2 aromatic carbocycles. The molecule has 0 spiro atoms. The van der Waals surface area contributed by atoms with E-state index in [0.29, 0.717) is 5.75 Å². The Kier molecular flexibility index (Phi) is 8.00. The molecule has 0 saturated carbocycles. The summed E-state index contributed by atoms with van der Waals surface area (Å²) in [5.74, 6) is -1.15. The van der Waals surface area contributed by atoms with Gasteiger partial charge in [0.1, 0.15) is 12.4 Å². The minimum atomic E-state index is -0.765. The van der Waals surface area contributed by atoms with Gasteiger partial charge in [-0.05, 0) is 35.2 Å². The summed E-state index contributed by atoms with van der Waals surface area (Å²) in [6, 6.07) is 13.5. The smallest absolute Gasteiger partial charge is 0.344 e. The number of rotatable bonds is 9. The van der Waals surface area contributed by atoms with Crippen LogP contribution in [0.1, 0.15) is 26.3 Å². The molecular formula is C22H26FNO5. The van der Waals surface area contributed by atoms with Crippen LogP contribution >= 0.6 is 0 Å². The van der Waals surface area contributed by atoms with Gasteiger partial charge in [0.25, 0.3) is 5.91 Å². The average Bonchev–Trinajstić information content (AvgIpc) is 2.68. The lowest BCUT2D eigenvalue weighted by molar-refractivity contribution is -0.150. The molecule has 1 N–H and O–H groups in total. The molecule has 2 rings (SSSR count). The highest BCUT2D eigenvalue weighted by molar-refractivity contribution is 5.80. The second kappa shape index (κ2) is 10.5. The van der Waals surface area contributed by atoms with Crippen LogP contribution in [0.3, 0.4) is 0 Å². The van der Waals surface area contributed by atoms with E-state index >= 15 is 0 Å². The minimum Gasteiger partial charge on any atom is -0.492 e. The Balaban J connectivity index is 1.60. The molecule has 0 unspecified atom stereocenters. The van der Waals surface area contributed by atoms with Crippen LogP contribution in [-0.2, 0) is 19.7 Å². The molecule has 0 aliphatic heterocycles. The lowest BCUT2D eigenvalue weighted by Crippen LogP contribution is -2.32. The molecule has 0 fully saturated rings. The second-order valence-corrected chi connectivity index (χ2v) is 7.35. The Hall–Kier alpha value is -3.09. The van der Waals surface area contributed by atoms with Crippen LogP contribution in [-0.4, -0.2) is 38.2 Å². The lowest BCUT2D eigenvalue weighted by Gasteiger charge is -2.19. The fourth-order valence-electron chi connectivity index (χ4n) is 2.35. The van der Waals surface area contributed by atoms with E-state index in [4.69, 9.17) is 14.2 Å². The van der Waals surface area contributed by atoms with Crippen molar-refractivity contribution in [3.05, 3.63) is 59.9 Å². The molecule has 0 radical (unpaired) electrons. The summed E-state index contributed by atoms with van der Waals surface area (Å²) in [6.07, 6.45) is 0. The number of amides is 1. The molecule has 2 aromatic rings. The van der Waals surface area contributed by atoms with Crippen LogP contribution in [0.4, 0.5) is 4.39 Å². The highest BCUT2D eigenvalue weighted by Gasteiger charge is 2.13. The maximum atomic E-state index is 13.4. The molecule has 0 heterocycles. The van der Waals surface area contributed by atoms with Crippen LogP contribution in [0.25, 0.3) is 0 Å². The number of hydrogen-bond donors (Lipinski definition) is 1. The summed E-state index contributed by atoms with van der Waals surface area (Å²) >= 11 is 0. The topological polar surface area (TPSA) is 73.9 Å². The summed E-state index contributed by atoms with van der Waals surface area (Å²) in [7, 11) is 0. The van der Waals surface area contributed by atoms with Crippen molar-refractivity contribution in [2.24, 2.45) is 0 Å². The predicted octanol–water partition coefficient (Wildman–Crippen LogP) is 3.24. The van der Waals surface area contributed by atoms with Gasteiger partial charge in [0.15, 0.2) is 24.8 Å². The van der Waals surface area contributed by atoms with E-state index in [-0.39, 0.29) is 24.3 Å². The Labute approximate surface area is 170 Å². The van der Waals surface area contributed by atoms with E-state index in [1.165, 1.54) is 23.8 Å².